The quantitative estimate of drug-likeness (QED) is 0.778. The summed E-state index contributed by atoms with van der Waals surface area (Å²) in [5, 5.41) is 2.82. The number of hydrogen-bond acceptors (Lipinski definition) is 3. The van der Waals surface area contributed by atoms with Crippen LogP contribution in [-0.2, 0) is 6.42 Å². The van der Waals surface area contributed by atoms with Gasteiger partial charge < -0.3 is 14.8 Å². The summed E-state index contributed by atoms with van der Waals surface area (Å²) in [4.78, 5) is 11.6. The van der Waals surface area contributed by atoms with E-state index in [2.05, 4.69) is 5.32 Å². The van der Waals surface area contributed by atoms with Gasteiger partial charge in [-0.05, 0) is 24.1 Å². The van der Waals surface area contributed by atoms with E-state index in [0.717, 1.165) is 24.2 Å². The summed E-state index contributed by atoms with van der Waals surface area (Å²) in [5.74, 6) is 1.43. The lowest BCUT2D eigenvalue weighted by molar-refractivity contribution is 0.0464. The highest BCUT2D eigenvalue weighted by Gasteiger charge is 2.27. The molecule has 2 heterocycles. The lowest BCUT2D eigenvalue weighted by Crippen LogP contribution is -2.31. The van der Waals surface area contributed by atoms with Crippen LogP contribution in [0.3, 0.4) is 0 Å². The smallest absolute Gasteiger partial charge is 0.251 e. The van der Waals surface area contributed by atoms with Crippen molar-refractivity contribution in [2.75, 3.05) is 6.54 Å². The Morgan fingerprint density at radius 1 is 1.38 bits per heavy atom. The number of benzene rings is 1. The standard InChI is InChI=1S/C12H13NO3/c1-2-11-15-9-5-7-3-4-13-12(14)8(7)6-10(9)16-11/h5-6,11H,2-4H2,1H3,(H,13,14). The first kappa shape index (κ1) is 9.51. The van der Waals surface area contributed by atoms with Gasteiger partial charge in [0.15, 0.2) is 11.5 Å². The second kappa shape index (κ2) is 3.40. The van der Waals surface area contributed by atoms with E-state index in [0.29, 0.717) is 17.9 Å². The van der Waals surface area contributed by atoms with Gasteiger partial charge >= 0.3 is 0 Å². The van der Waals surface area contributed by atoms with Crippen molar-refractivity contribution in [3.63, 3.8) is 0 Å². The van der Waals surface area contributed by atoms with Gasteiger partial charge in [0, 0.05) is 18.5 Å². The number of hydrogen-bond donors (Lipinski definition) is 1. The van der Waals surface area contributed by atoms with E-state index in [4.69, 9.17) is 9.47 Å². The molecule has 16 heavy (non-hydrogen) atoms. The van der Waals surface area contributed by atoms with Crippen LogP contribution >= 0.6 is 0 Å². The number of rotatable bonds is 1. The van der Waals surface area contributed by atoms with Gasteiger partial charge in [-0.15, -0.1) is 0 Å². The van der Waals surface area contributed by atoms with Crippen molar-refractivity contribution in [2.24, 2.45) is 0 Å². The SMILES string of the molecule is CCC1Oc2cc3c(cc2O1)C(=O)NCC3. The van der Waals surface area contributed by atoms with E-state index in [1.165, 1.54) is 0 Å². The molecule has 0 radical (unpaired) electrons. The summed E-state index contributed by atoms with van der Waals surface area (Å²) in [6.07, 6.45) is 1.45. The summed E-state index contributed by atoms with van der Waals surface area (Å²) in [6, 6.07) is 3.72. The Labute approximate surface area is 93.5 Å². The van der Waals surface area contributed by atoms with Crippen molar-refractivity contribution in [1.82, 2.24) is 5.32 Å². The van der Waals surface area contributed by atoms with Crippen molar-refractivity contribution in [3.8, 4) is 11.5 Å². The van der Waals surface area contributed by atoms with Gasteiger partial charge in [-0.25, -0.2) is 0 Å². The molecule has 0 saturated heterocycles. The van der Waals surface area contributed by atoms with Crippen LogP contribution in [0.1, 0.15) is 29.3 Å². The van der Waals surface area contributed by atoms with E-state index < -0.39 is 0 Å². The van der Waals surface area contributed by atoms with Crippen molar-refractivity contribution < 1.29 is 14.3 Å². The zero-order valence-corrected chi connectivity index (χ0v) is 9.08. The Balaban J connectivity index is 2.03. The Kier molecular flexibility index (Phi) is 2.02. The zero-order valence-electron chi connectivity index (χ0n) is 9.08. The molecule has 3 rings (SSSR count). The Morgan fingerprint density at radius 3 is 2.88 bits per heavy atom. The molecule has 2 aliphatic rings. The lowest BCUT2D eigenvalue weighted by atomic mass is 10.00. The molecule has 1 aromatic rings. The minimum absolute atomic E-state index is 0.0207. The summed E-state index contributed by atoms with van der Waals surface area (Å²) in [5.41, 5.74) is 1.76. The molecule has 0 aromatic heterocycles. The van der Waals surface area contributed by atoms with Crippen LogP contribution in [0, 0.1) is 0 Å². The maximum atomic E-state index is 11.6. The predicted molar refractivity (Wildman–Crippen MR) is 57.8 cm³/mol. The maximum absolute atomic E-state index is 11.6. The van der Waals surface area contributed by atoms with Crippen molar-refractivity contribution in [2.45, 2.75) is 26.1 Å². The van der Waals surface area contributed by atoms with Crippen LogP contribution in [0.2, 0.25) is 0 Å². The van der Waals surface area contributed by atoms with Gasteiger partial charge in [0.1, 0.15) is 0 Å². The number of carbonyl (C=O) groups excluding carboxylic acids is 1. The largest absolute Gasteiger partial charge is 0.451 e. The fourth-order valence-corrected chi connectivity index (χ4v) is 2.08. The maximum Gasteiger partial charge on any atom is 0.251 e. The Hall–Kier alpha value is -1.71. The fraction of sp³-hybridized carbons (Fsp3) is 0.417. The molecule has 4 heteroatoms. The molecule has 1 atom stereocenters. The van der Waals surface area contributed by atoms with Gasteiger partial charge in [0.2, 0.25) is 6.29 Å². The van der Waals surface area contributed by atoms with E-state index in [1.807, 2.05) is 13.0 Å². The second-order valence-electron chi connectivity index (χ2n) is 4.04. The number of nitrogens with one attached hydrogen (secondary N) is 1. The first-order valence-electron chi connectivity index (χ1n) is 5.56. The fourth-order valence-electron chi connectivity index (χ4n) is 2.08. The molecule has 1 unspecified atom stereocenters. The molecule has 4 nitrogen and oxygen atoms in total. The summed E-state index contributed by atoms with van der Waals surface area (Å²) in [6.45, 7) is 2.70. The molecule has 0 aliphatic carbocycles. The molecule has 0 bridgehead atoms. The zero-order chi connectivity index (χ0) is 11.1. The van der Waals surface area contributed by atoms with E-state index in [9.17, 15) is 4.79 Å². The predicted octanol–water partition coefficient (Wildman–Crippen LogP) is 1.48. The highest BCUT2D eigenvalue weighted by atomic mass is 16.7. The first-order valence-corrected chi connectivity index (χ1v) is 5.56. The van der Waals surface area contributed by atoms with E-state index >= 15 is 0 Å². The molecule has 2 aliphatic heterocycles. The van der Waals surface area contributed by atoms with Crippen molar-refractivity contribution in [3.05, 3.63) is 23.3 Å². The van der Waals surface area contributed by atoms with Crippen molar-refractivity contribution >= 4 is 5.91 Å². The third kappa shape index (κ3) is 1.33. The lowest BCUT2D eigenvalue weighted by Gasteiger charge is -2.16. The molecule has 0 saturated carbocycles. The number of fused-ring (bicyclic) bond motifs is 2. The molecule has 0 fully saturated rings. The van der Waals surface area contributed by atoms with Crippen LogP contribution in [0.15, 0.2) is 12.1 Å². The van der Waals surface area contributed by atoms with Crippen LogP contribution in [-0.4, -0.2) is 18.7 Å². The third-order valence-corrected chi connectivity index (χ3v) is 2.94. The van der Waals surface area contributed by atoms with Crippen LogP contribution < -0.4 is 14.8 Å². The molecule has 0 spiro atoms. The molecule has 1 aromatic carbocycles. The molecular weight excluding hydrogens is 206 g/mol. The third-order valence-electron chi connectivity index (χ3n) is 2.94. The first-order chi connectivity index (χ1) is 7.78. The van der Waals surface area contributed by atoms with Crippen LogP contribution in [0.5, 0.6) is 11.5 Å². The summed E-state index contributed by atoms with van der Waals surface area (Å²) >= 11 is 0. The van der Waals surface area contributed by atoms with Crippen LogP contribution in [0.4, 0.5) is 0 Å². The summed E-state index contributed by atoms with van der Waals surface area (Å²) in [7, 11) is 0. The number of amides is 1. The monoisotopic (exact) mass is 219 g/mol. The highest BCUT2D eigenvalue weighted by Crippen LogP contribution is 2.38. The van der Waals surface area contributed by atoms with E-state index in [1.54, 1.807) is 6.07 Å². The van der Waals surface area contributed by atoms with Gasteiger partial charge in [0.25, 0.3) is 5.91 Å². The highest BCUT2D eigenvalue weighted by molar-refractivity contribution is 5.97. The second-order valence-corrected chi connectivity index (χ2v) is 4.04. The van der Waals surface area contributed by atoms with Gasteiger partial charge in [-0.3, -0.25) is 4.79 Å². The average Bonchev–Trinajstić information content (AvgIpc) is 2.69. The number of carbonyl (C=O) groups is 1. The van der Waals surface area contributed by atoms with Gasteiger partial charge in [-0.2, -0.15) is 0 Å². The minimum atomic E-state index is -0.207. The molecular formula is C12H13NO3. The van der Waals surface area contributed by atoms with E-state index in [-0.39, 0.29) is 12.2 Å². The molecule has 84 valence electrons. The van der Waals surface area contributed by atoms with Crippen molar-refractivity contribution in [1.29, 1.82) is 0 Å². The van der Waals surface area contributed by atoms with Gasteiger partial charge in [0.05, 0.1) is 0 Å². The normalized spacial score (nSPS) is 21.6. The molecule has 1 N–H and O–H groups in total. The average molecular weight is 219 g/mol. The minimum Gasteiger partial charge on any atom is -0.451 e. The molecule has 1 amide bonds. The topological polar surface area (TPSA) is 47.6 Å². The summed E-state index contributed by atoms with van der Waals surface area (Å²) < 4.78 is 11.2. The Morgan fingerprint density at radius 2 is 2.12 bits per heavy atom. The number of ether oxygens (including phenoxy) is 2. The van der Waals surface area contributed by atoms with Gasteiger partial charge in [-0.1, -0.05) is 6.92 Å². The van der Waals surface area contributed by atoms with Crippen LogP contribution in [0.25, 0.3) is 0 Å². The Bertz CT molecular complexity index is 456.